The van der Waals surface area contributed by atoms with Gasteiger partial charge in [0.2, 0.25) is 0 Å². The lowest BCUT2D eigenvalue weighted by Crippen LogP contribution is -2.33. The van der Waals surface area contributed by atoms with E-state index in [1.807, 2.05) is 20.8 Å². The lowest BCUT2D eigenvalue weighted by molar-refractivity contribution is -0.147. The summed E-state index contributed by atoms with van der Waals surface area (Å²) in [5.74, 6) is 5.01. The van der Waals surface area contributed by atoms with Crippen LogP contribution in [0.15, 0.2) is 0 Å². The van der Waals surface area contributed by atoms with Crippen LogP contribution in [-0.4, -0.2) is 24.2 Å². The van der Waals surface area contributed by atoms with Crippen LogP contribution < -0.4 is 5.32 Å². The highest BCUT2D eigenvalue weighted by molar-refractivity contribution is 5.88. The van der Waals surface area contributed by atoms with Gasteiger partial charge >= 0.3 is 5.97 Å². The summed E-state index contributed by atoms with van der Waals surface area (Å²) in [6, 6.07) is 0.580. The van der Waals surface area contributed by atoms with Crippen LogP contribution in [-0.2, 0) is 9.53 Å². The van der Waals surface area contributed by atoms with Gasteiger partial charge in [-0.1, -0.05) is 12.3 Å². The Kier molecular flexibility index (Phi) is 5.50. The molecule has 0 aromatic rings. The SMILES string of the molecule is CC(C)(C)OC(=O)C#CCCC1CCCCN1. The topological polar surface area (TPSA) is 38.3 Å². The molecular formula is C14H23NO2. The first-order valence-corrected chi connectivity index (χ1v) is 6.42. The molecule has 0 aromatic heterocycles. The van der Waals surface area contributed by atoms with E-state index < -0.39 is 11.6 Å². The smallest absolute Gasteiger partial charge is 0.384 e. The summed E-state index contributed by atoms with van der Waals surface area (Å²) in [6.07, 6.45) is 5.60. The van der Waals surface area contributed by atoms with E-state index in [0.29, 0.717) is 6.04 Å². The molecular weight excluding hydrogens is 214 g/mol. The maximum absolute atomic E-state index is 11.3. The van der Waals surface area contributed by atoms with Gasteiger partial charge in [-0.2, -0.15) is 0 Å². The van der Waals surface area contributed by atoms with E-state index in [-0.39, 0.29) is 0 Å². The van der Waals surface area contributed by atoms with Gasteiger partial charge in [0.1, 0.15) is 5.60 Å². The number of piperidine rings is 1. The molecule has 1 aliphatic heterocycles. The van der Waals surface area contributed by atoms with Crippen LogP contribution in [0.1, 0.15) is 52.9 Å². The summed E-state index contributed by atoms with van der Waals surface area (Å²) in [6.45, 7) is 6.65. The van der Waals surface area contributed by atoms with Crippen molar-refractivity contribution in [1.29, 1.82) is 0 Å². The number of hydrogen-bond acceptors (Lipinski definition) is 3. The van der Waals surface area contributed by atoms with Gasteiger partial charge in [0.15, 0.2) is 0 Å². The molecule has 1 rings (SSSR count). The highest BCUT2D eigenvalue weighted by Gasteiger charge is 2.14. The van der Waals surface area contributed by atoms with Crippen LogP contribution in [0.4, 0.5) is 0 Å². The molecule has 1 atom stereocenters. The third-order valence-electron chi connectivity index (χ3n) is 2.62. The lowest BCUT2D eigenvalue weighted by Gasteiger charge is -2.22. The predicted molar refractivity (Wildman–Crippen MR) is 68.5 cm³/mol. The molecule has 1 heterocycles. The fraction of sp³-hybridized carbons (Fsp3) is 0.786. The van der Waals surface area contributed by atoms with Gasteiger partial charge in [0.25, 0.3) is 0 Å². The number of rotatable bonds is 2. The zero-order chi connectivity index (χ0) is 12.7. The largest absolute Gasteiger partial charge is 0.450 e. The summed E-state index contributed by atoms with van der Waals surface area (Å²) >= 11 is 0. The van der Waals surface area contributed by atoms with Crippen molar-refractivity contribution in [3.05, 3.63) is 0 Å². The maximum atomic E-state index is 11.3. The molecule has 0 aromatic carbocycles. The normalized spacial score (nSPS) is 20.3. The summed E-state index contributed by atoms with van der Waals surface area (Å²) in [7, 11) is 0. The third-order valence-corrected chi connectivity index (χ3v) is 2.62. The minimum absolute atomic E-state index is 0.422. The molecule has 3 heteroatoms. The predicted octanol–water partition coefficient (Wildman–Crippen LogP) is 2.25. The minimum atomic E-state index is -0.448. The van der Waals surface area contributed by atoms with Gasteiger partial charge in [0, 0.05) is 18.4 Å². The average Bonchev–Trinajstić information content (AvgIpc) is 2.23. The van der Waals surface area contributed by atoms with E-state index in [9.17, 15) is 4.79 Å². The summed E-state index contributed by atoms with van der Waals surface area (Å²) in [4.78, 5) is 11.3. The Morgan fingerprint density at radius 3 is 2.76 bits per heavy atom. The molecule has 1 N–H and O–H groups in total. The summed E-state index contributed by atoms with van der Waals surface area (Å²) in [5.41, 5.74) is -0.448. The fourth-order valence-electron chi connectivity index (χ4n) is 1.86. The number of carbonyl (C=O) groups is 1. The van der Waals surface area contributed by atoms with Crippen molar-refractivity contribution in [2.45, 2.75) is 64.5 Å². The van der Waals surface area contributed by atoms with Gasteiger partial charge in [0.05, 0.1) is 0 Å². The van der Waals surface area contributed by atoms with Crippen molar-refractivity contribution in [3.63, 3.8) is 0 Å². The van der Waals surface area contributed by atoms with Crippen molar-refractivity contribution in [1.82, 2.24) is 5.32 Å². The first-order chi connectivity index (χ1) is 7.97. The number of esters is 1. The molecule has 1 fully saturated rings. The molecule has 0 bridgehead atoms. The van der Waals surface area contributed by atoms with Crippen LogP contribution in [0.25, 0.3) is 0 Å². The van der Waals surface area contributed by atoms with E-state index in [0.717, 1.165) is 19.4 Å². The van der Waals surface area contributed by atoms with Crippen LogP contribution in [0.2, 0.25) is 0 Å². The number of hydrogen-bond donors (Lipinski definition) is 1. The first-order valence-electron chi connectivity index (χ1n) is 6.42. The zero-order valence-electron chi connectivity index (χ0n) is 11.1. The molecule has 1 saturated heterocycles. The van der Waals surface area contributed by atoms with Crippen molar-refractivity contribution in [3.8, 4) is 11.8 Å². The Labute approximate surface area is 104 Å². The Hall–Kier alpha value is -1.01. The third kappa shape index (κ3) is 7.01. The molecule has 0 amide bonds. The van der Waals surface area contributed by atoms with Crippen molar-refractivity contribution < 1.29 is 9.53 Å². The van der Waals surface area contributed by atoms with E-state index in [4.69, 9.17) is 4.74 Å². The second kappa shape index (κ2) is 6.66. The summed E-state index contributed by atoms with van der Waals surface area (Å²) in [5, 5.41) is 3.46. The summed E-state index contributed by atoms with van der Waals surface area (Å²) < 4.78 is 5.10. The average molecular weight is 237 g/mol. The molecule has 17 heavy (non-hydrogen) atoms. The van der Waals surface area contributed by atoms with Crippen LogP contribution in [0.5, 0.6) is 0 Å². The standard InChI is InChI=1S/C14H23NO2/c1-14(2,3)17-13(16)10-5-4-8-12-9-6-7-11-15-12/h12,15H,4,6-9,11H2,1-3H3. The molecule has 3 nitrogen and oxygen atoms in total. The quantitative estimate of drug-likeness (QED) is 0.455. The number of nitrogens with one attached hydrogen (secondary N) is 1. The lowest BCUT2D eigenvalue weighted by atomic mass is 10.0. The molecule has 0 saturated carbocycles. The van der Waals surface area contributed by atoms with E-state index in [1.54, 1.807) is 0 Å². The Bertz CT molecular complexity index is 300. The van der Waals surface area contributed by atoms with E-state index >= 15 is 0 Å². The number of carbonyl (C=O) groups excluding carboxylic acids is 1. The fourth-order valence-corrected chi connectivity index (χ4v) is 1.86. The van der Waals surface area contributed by atoms with Gasteiger partial charge in [-0.15, -0.1) is 0 Å². The van der Waals surface area contributed by atoms with Gasteiger partial charge < -0.3 is 10.1 Å². The van der Waals surface area contributed by atoms with Crippen LogP contribution >= 0.6 is 0 Å². The molecule has 96 valence electrons. The van der Waals surface area contributed by atoms with Gasteiger partial charge in [-0.25, -0.2) is 4.79 Å². The van der Waals surface area contributed by atoms with Crippen molar-refractivity contribution in [2.24, 2.45) is 0 Å². The van der Waals surface area contributed by atoms with E-state index in [2.05, 4.69) is 17.2 Å². The molecule has 0 spiro atoms. The molecule has 1 unspecified atom stereocenters. The van der Waals surface area contributed by atoms with Crippen molar-refractivity contribution >= 4 is 5.97 Å². The monoisotopic (exact) mass is 237 g/mol. The number of ether oxygens (including phenoxy) is 1. The van der Waals surface area contributed by atoms with Crippen LogP contribution in [0, 0.1) is 11.8 Å². The maximum Gasteiger partial charge on any atom is 0.384 e. The zero-order valence-corrected chi connectivity index (χ0v) is 11.1. The highest BCUT2D eigenvalue weighted by Crippen LogP contribution is 2.11. The molecule has 0 radical (unpaired) electrons. The highest BCUT2D eigenvalue weighted by atomic mass is 16.6. The minimum Gasteiger partial charge on any atom is -0.450 e. The van der Waals surface area contributed by atoms with Gasteiger partial charge in [-0.05, 0) is 46.6 Å². The second-order valence-corrected chi connectivity index (χ2v) is 5.49. The first kappa shape index (κ1) is 14.1. The Balaban J connectivity index is 2.19. The molecule has 1 aliphatic rings. The molecule has 0 aliphatic carbocycles. The Morgan fingerprint density at radius 2 is 2.18 bits per heavy atom. The van der Waals surface area contributed by atoms with E-state index in [1.165, 1.54) is 19.3 Å². The van der Waals surface area contributed by atoms with Gasteiger partial charge in [-0.3, -0.25) is 0 Å². The Morgan fingerprint density at radius 1 is 1.41 bits per heavy atom. The van der Waals surface area contributed by atoms with Crippen molar-refractivity contribution in [2.75, 3.05) is 6.54 Å². The second-order valence-electron chi connectivity index (χ2n) is 5.49. The van der Waals surface area contributed by atoms with Crippen LogP contribution in [0.3, 0.4) is 0 Å².